The van der Waals surface area contributed by atoms with Crippen molar-refractivity contribution in [1.82, 2.24) is 4.31 Å². The zero-order valence-corrected chi connectivity index (χ0v) is 15.6. The number of nitrogens with zero attached hydrogens (tertiary/aromatic N) is 1. The van der Waals surface area contributed by atoms with Crippen molar-refractivity contribution in [3.05, 3.63) is 47.0 Å². The predicted molar refractivity (Wildman–Crippen MR) is 97.6 cm³/mol. The van der Waals surface area contributed by atoms with Crippen LogP contribution >= 0.6 is 11.6 Å². The Bertz CT molecular complexity index is 884. The van der Waals surface area contributed by atoms with Crippen LogP contribution in [0.3, 0.4) is 0 Å². The number of halogens is 4. The van der Waals surface area contributed by atoms with Crippen molar-refractivity contribution in [2.45, 2.75) is 11.1 Å². The molecule has 0 aliphatic carbocycles. The molecule has 0 bridgehead atoms. The van der Waals surface area contributed by atoms with E-state index in [9.17, 15) is 21.9 Å². The molecule has 1 aliphatic heterocycles. The maximum atomic E-state index is 13.4. The largest absolute Gasteiger partial charge is 0.417 e. The first-order valence-corrected chi connectivity index (χ1v) is 9.82. The SMILES string of the molecule is Nc1cc(Cl)c(-c2ccc([S+](=O)(O)N3CCOCC3)cc2)c(C(F)(F)F)c1. The lowest BCUT2D eigenvalue weighted by atomic mass is 9.98. The van der Waals surface area contributed by atoms with Crippen LogP contribution < -0.4 is 5.73 Å². The molecule has 0 spiro atoms. The Morgan fingerprint density at radius 1 is 1.15 bits per heavy atom. The van der Waals surface area contributed by atoms with Crippen molar-refractivity contribution in [1.29, 1.82) is 0 Å². The second-order valence-electron chi connectivity index (χ2n) is 5.99. The molecule has 1 fully saturated rings. The summed E-state index contributed by atoms with van der Waals surface area (Å²) < 4.78 is 69.9. The topological polar surface area (TPSA) is 75.8 Å². The molecule has 1 unspecified atom stereocenters. The van der Waals surface area contributed by atoms with Gasteiger partial charge in [-0.15, -0.1) is 0 Å². The van der Waals surface area contributed by atoms with Gasteiger partial charge in [-0.1, -0.05) is 15.9 Å². The lowest BCUT2D eigenvalue weighted by molar-refractivity contribution is -0.137. The van der Waals surface area contributed by atoms with Crippen molar-refractivity contribution in [3.63, 3.8) is 0 Å². The number of benzene rings is 2. The molecule has 3 N–H and O–H groups in total. The second-order valence-corrected chi connectivity index (χ2v) is 8.37. The van der Waals surface area contributed by atoms with Gasteiger partial charge in [0.2, 0.25) is 4.90 Å². The highest BCUT2D eigenvalue weighted by Crippen LogP contribution is 2.42. The molecule has 10 heteroatoms. The molecule has 27 heavy (non-hydrogen) atoms. The quantitative estimate of drug-likeness (QED) is 0.575. The number of nitrogen functional groups attached to an aromatic ring is 1. The Kier molecular flexibility index (Phi) is 5.51. The van der Waals surface area contributed by atoms with Crippen molar-refractivity contribution >= 4 is 27.7 Å². The van der Waals surface area contributed by atoms with Crippen molar-refractivity contribution in [3.8, 4) is 11.1 Å². The number of morpholine rings is 1. The molecule has 3 rings (SSSR count). The summed E-state index contributed by atoms with van der Waals surface area (Å²) in [7, 11) is -3.49. The van der Waals surface area contributed by atoms with E-state index in [1.165, 1.54) is 34.6 Å². The summed E-state index contributed by atoms with van der Waals surface area (Å²) in [6.45, 7) is 1.26. The van der Waals surface area contributed by atoms with Gasteiger partial charge < -0.3 is 10.5 Å². The van der Waals surface area contributed by atoms with Crippen LogP contribution in [0, 0.1) is 0 Å². The van der Waals surface area contributed by atoms with Crippen molar-refractivity contribution < 1.29 is 26.7 Å². The molecule has 2 aromatic carbocycles. The zero-order valence-electron chi connectivity index (χ0n) is 14.0. The third-order valence-corrected chi connectivity index (χ3v) is 6.44. The molecule has 2 aromatic rings. The molecule has 146 valence electrons. The van der Waals surface area contributed by atoms with E-state index in [1.54, 1.807) is 0 Å². The van der Waals surface area contributed by atoms with Crippen LogP contribution in [-0.4, -0.2) is 35.2 Å². The molecule has 0 amide bonds. The molecule has 1 saturated heterocycles. The van der Waals surface area contributed by atoms with Gasteiger partial charge >= 0.3 is 16.6 Å². The third kappa shape index (κ3) is 4.12. The van der Waals surface area contributed by atoms with Crippen molar-refractivity contribution in [2.24, 2.45) is 0 Å². The Balaban J connectivity index is 2.00. The van der Waals surface area contributed by atoms with E-state index >= 15 is 0 Å². The summed E-state index contributed by atoms with van der Waals surface area (Å²) in [5, 5.41) is -0.145. The van der Waals surface area contributed by atoms with E-state index in [4.69, 9.17) is 22.1 Å². The average Bonchev–Trinajstić information content (AvgIpc) is 2.61. The van der Waals surface area contributed by atoms with Crippen LogP contribution in [0.1, 0.15) is 5.56 Å². The van der Waals surface area contributed by atoms with E-state index in [1.807, 2.05) is 0 Å². The summed E-state index contributed by atoms with van der Waals surface area (Å²) in [6, 6.07) is 7.41. The van der Waals surface area contributed by atoms with E-state index in [0.29, 0.717) is 26.3 Å². The van der Waals surface area contributed by atoms with Crippen LogP contribution in [0.5, 0.6) is 0 Å². The van der Waals surface area contributed by atoms with Gasteiger partial charge in [-0.05, 0) is 46.2 Å². The highest BCUT2D eigenvalue weighted by molar-refractivity contribution is 7.95. The Labute approximate surface area is 160 Å². The van der Waals surface area contributed by atoms with Gasteiger partial charge in [0.1, 0.15) is 0 Å². The van der Waals surface area contributed by atoms with E-state index < -0.39 is 22.1 Å². The number of hydrogen-bond acceptors (Lipinski definition) is 3. The third-order valence-electron chi connectivity index (χ3n) is 4.19. The Hall–Kier alpha value is -1.65. The fourth-order valence-corrected chi connectivity index (χ4v) is 4.66. The predicted octanol–water partition coefficient (Wildman–Crippen LogP) is 4.19. The van der Waals surface area contributed by atoms with E-state index in [2.05, 4.69) is 0 Å². The van der Waals surface area contributed by atoms with Gasteiger partial charge in [0.25, 0.3) is 0 Å². The van der Waals surface area contributed by atoms with Gasteiger partial charge in [0, 0.05) is 11.3 Å². The Morgan fingerprint density at radius 2 is 1.74 bits per heavy atom. The fraction of sp³-hybridized carbons (Fsp3) is 0.294. The van der Waals surface area contributed by atoms with Gasteiger partial charge in [-0.2, -0.15) is 17.7 Å². The standard InChI is InChI=1S/C17H16ClF3N2O3S/c18-15-10-12(22)9-14(17(19,20)21)16(15)11-1-3-13(4-2-11)27(24,25)23-5-7-26-8-6-23/h1-4,9-10H,5-8,22H2/p+1. The van der Waals surface area contributed by atoms with Crippen molar-refractivity contribution in [2.75, 3.05) is 32.0 Å². The summed E-state index contributed by atoms with van der Waals surface area (Å²) in [5.41, 5.74) is 4.39. The minimum absolute atomic E-state index is 0.0987. The van der Waals surface area contributed by atoms with Crippen LogP contribution in [0.25, 0.3) is 11.1 Å². The summed E-state index contributed by atoms with van der Waals surface area (Å²) in [6.07, 6.45) is -4.65. The average molecular weight is 422 g/mol. The molecular weight excluding hydrogens is 405 g/mol. The Morgan fingerprint density at radius 3 is 2.30 bits per heavy atom. The minimum atomic E-state index is -4.65. The highest BCUT2D eigenvalue weighted by Gasteiger charge is 2.40. The molecule has 5 nitrogen and oxygen atoms in total. The monoisotopic (exact) mass is 421 g/mol. The second kappa shape index (κ2) is 7.40. The molecule has 1 heterocycles. The normalized spacial score (nSPS) is 18.3. The van der Waals surface area contributed by atoms with Gasteiger partial charge in [0.15, 0.2) is 0 Å². The molecule has 0 radical (unpaired) electrons. The zero-order chi connectivity index (χ0) is 19.8. The van der Waals surface area contributed by atoms with Crippen LogP contribution in [0.2, 0.25) is 5.02 Å². The van der Waals surface area contributed by atoms with Gasteiger partial charge in [-0.3, -0.25) is 0 Å². The lowest BCUT2D eigenvalue weighted by Gasteiger charge is -2.23. The molecule has 1 aliphatic rings. The number of alkyl halides is 3. The van der Waals surface area contributed by atoms with Crippen LogP contribution in [0.4, 0.5) is 18.9 Å². The van der Waals surface area contributed by atoms with Gasteiger partial charge in [-0.25, -0.2) is 0 Å². The van der Waals surface area contributed by atoms with Gasteiger partial charge in [0.05, 0.1) is 36.9 Å². The first kappa shape index (κ1) is 20.1. The van der Waals surface area contributed by atoms with E-state index in [-0.39, 0.29) is 26.7 Å². The molecule has 0 aromatic heterocycles. The summed E-state index contributed by atoms with van der Waals surface area (Å²) in [4.78, 5) is 0.105. The number of nitrogens with two attached hydrogens (primary N) is 1. The maximum absolute atomic E-state index is 13.4. The first-order chi connectivity index (χ1) is 12.6. The highest BCUT2D eigenvalue weighted by atomic mass is 35.5. The van der Waals surface area contributed by atoms with Crippen LogP contribution in [-0.2, 0) is 25.5 Å². The number of rotatable bonds is 3. The molecule has 0 saturated carbocycles. The smallest absolute Gasteiger partial charge is 0.399 e. The fourth-order valence-electron chi connectivity index (χ4n) is 2.89. The summed E-state index contributed by atoms with van der Waals surface area (Å²) in [5.74, 6) is 0. The van der Waals surface area contributed by atoms with Crippen LogP contribution in [0.15, 0.2) is 41.3 Å². The minimum Gasteiger partial charge on any atom is -0.399 e. The van der Waals surface area contributed by atoms with E-state index in [0.717, 1.165) is 6.07 Å². The summed E-state index contributed by atoms with van der Waals surface area (Å²) >= 11 is 6.02. The molecule has 1 atom stereocenters. The number of hydrogen-bond donors (Lipinski definition) is 2. The number of anilines is 1. The molecular formula is C17H17ClF3N2O3S+. The lowest BCUT2D eigenvalue weighted by Crippen LogP contribution is -2.43. The first-order valence-electron chi connectivity index (χ1n) is 7.97. The number of ether oxygens (including phenoxy) is 1. The maximum Gasteiger partial charge on any atom is 0.417 e.